The van der Waals surface area contributed by atoms with E-state index in [9.17, 15) is 9.00 Å². The van der Waals surface area contributed by atoms with Crippen LogP contribution < -0.4 is 0 Å². The normalized spacial score (nSPS) is 12.3. The van der Waals surface area contributed by atoms with Crippen molar-refractivity contribution in [3.8, 4) is 0 Å². The van der Waals surface area contributed by atoms with Crippen LogP contribution in [0.15, 0.2) is 45.9 Å². The Morgan fingerprint density at radius 3 is 2.72 bits per heavy atom. The number of benzene rings is 1. The fourth-order valence-electron chi connectivity index (χ4n) is 1.66. The molecule has 0 radical (unpaired) electrons. The molecule has 18 heavy (non-hydrogen) atoms. The van der Waals surface area contributed by atoms with E-state index in [-0.39, 0.29) is 17.3 Å². The zero-order valence-electron chi connectivity index (χ0n) is 10.3. The predicted octanol–water partition coefficient (Wildman–Crippen LogP) is 2.89. The molecule has 2 aromatic rings. The molecule has 0 aliphatic carbocycles. The van der Waals surface area contributed by atoms with Crippen molar-refractivity contribution >= 4 is 16.6 Å². The number of hydrogen-bond acceptors (Lipinski definition) is 3. The highest BCUT2D eigenvalue weighted by atomic mass is 32.2. The standard InChI is InChI=1S/C14H14O3S/c1-10-5-6-11(2)14(8-10)18(16)9-12(15)13-4-3-7-17-13/h3-8H,9H2,1-2H3. The number of ketones is 1. The van der Waals surface area contributed by atoms with Crippen LogP contribution in [0.1, 0.15) is 21.7 Å². The van der Waals surface area contributed by atoms with Gasteiger partial charge >= 0.3 is 0 Å². The van der Waals surface area contributed by atoms with Crippen molar-refractivity contribution in [2.24, 2.45) is 0 Å². The van der Waals surface area contributed by atoms with Gasteiger partial charge in [0.15, 0.2) is 5.76 Å². The average Bonchev–Trinajstić information content (AvgIpc) is 2.85. The number of carbonyl (C=O) groups is 1. The molecule has 0 saturated heterocycles. The third-order valence-electron chi connectivity index (χ3n) is 2.65. The zero-order chi connectivity index (χ0) is 13.1. The monoisotopic (exact) mass is 262 g/mol. The maximum Gasteiger partial charge on any atom is 0.210 e. The van der Waals surface area contributed by atoms with Crippen LogP contribution in [-0.2, 0) is 10.8 Å². The van der Waals surface area contributed by atoms with Gasteiger partial charge < -0.3 is 4.42 Å². The van der Waals surface area contributed by atoms with Gasteiger partial charge in [-0.2, -0.15) is 0 Å². The lowest BCUT2D eigenvalue weighted by atomic mass is 10.2. The van der Waals surface area contributed by atoms with Crippen LogP contribution in [0.25, 0.3) is 0 Å². The van der Waals surface area contributed by atoms with Crippen molar-refractivity contribution < 1.29 is 13.4 Å². The summed E-state index contributed by atoms with van der Waals surface area (Å²) in [5.41, 5.74) is 1.97. The summed E-state index contributed by atoms with van der Waals surface area (Å²) in [6.07, 6.45) is 1.44. The number of hydrogen-bond donors (Lipinski definition) is 0. The number of Topliss-reactive ketones (excluding diaryl/α,β-unsaturated/α-hetero) is 1. The van der Waals surface area contributed by atoms with E-state index in [0.717, 1.165) is 16.0 Å². The van der Waals surface area contributed by atoms with Crippen LogP contribution in [0.5, 0.6) is 0 Å². The molecular formula is C14H14O3S. The molecule has 1 unspecified atom stereocenters. The predicted molar refractivity (Wildman–Crippen MR) is 70.2 cm³/mol. The highest BCUT2D eigenvalue weighted by molar-refractivity contribution is 7.85. The summed E-state index contributed by atoms with van der Waals surface area (Å²) in [6.45, 7) is 3.83. The van der Waals surface area contributed by atoms with Crippen molar-refractivity contribution in [3.05, 3.63) is 53.5 Å². The molecular weight excluding hydrogens is 248 g/mol. The van der Waals surface area contributed by atoms with Crippen molar-refractivity contribution in [1.29, 1.82) is 0 Å². The van der Waals surface area contributed by atoms with Gasteiger partial charge in [0.25, 0.3) is 0 Å². The molecule has 94 valence electrons. The summed E-state index contributed by atoms with van der Waals surface area (Å²) in [6, 6.07) is 8.97. The summed E-state index contributed by atoms with van der Waals surface area (Å²) in [5.74, 6) is -0.0226. The lowest BCUT2D eigenvalue weighted by Crippen LogP contribution is -2.11. The fraction of sp³-hybridized carbons (Fsp3) is 0.214. The van der Waals surface area contributed by atoms with E-state index in [2.05, 4.69) is 0 Å². The second kappa shape index (κ2) is 5.31. The Kier molecular flexibility index (Phi) is 3.77. The summed E-state index contributed by atoms with van der Waals surface area (Å²) in [4.78, 5) is 12.5. The van der Waals surface area contributed by atoms with Crippen molar-refractivity contribution in [3.63, 3.8) is 0 Å². The van der Waals surface area contributed by atoms with Gasteiger partial charge in [-0.1, -0.05) is 12.1 Å². The minimum absolute atomic E-state index is 0.0438. The summed E-state index contributed by atoms with van der Waals surface area (Å²) in [5, 5.41) is 0. The van der Waals surface area contributed by atoms with Gasteiger partial charge in [-0.3, -0.25) is 9.00 Å². The van der Waals surface area contributed by atoms with Gasteiger partial charge in [-0.05, 0) is 43.2 Å². The van der Waals surface area contributed by atoms with Gasteiger partial charge in [0.05, 0.1) is 22.8 Å². The average molecular weight is 262 g/mol. The molecule has 1 aromatic heterocycles. The molecule has 1 atom stereocenters. The Morgan fingerprint density at radius 2 is 2.06 bits per heavy atom. The van der Waals surface area contributed by atoms with Crippen LogP contribution in [0.4, 0.5) is 0 Å². The molecule has 0 aliphatic rings. The SMILES string of the molecule is Cc1ccc(C)c(S(=O)CC(=O)c2ccco2)c1. The first-order valence-corrected chi connectivity index (χ1v) is 6.92. The highest BCUT2D eigenvalue weighted by Gasteiger charge is 2.15. The minimum Gasteiger partial charge on any atom is -0.461 e. The van der Waals surface area contributed by atoms with Crippen LogP contribution >= 0.6 is 0 Å². The van der Waals surface area contributed by atoms with Crippen molar-refractivity contribution in [2.45, 2.75) is 18.7 Å². The fourth-order valence-corrected chi connectivity index (χ4v) is 2.94. The molecule has 1 heterocycles. The molecule has 0 aliphatic heterocycles. The third kappa shape index (κ3) is 2.76. The molecule has 0 saturated carbocycles. The first kappa shape index (κ1) is 12.8. The molecule has 1 aromatic carbocycles. The Balaban J connectivity index is 2.17. The Hall–Kier alpha value is -1.68. The molecule has 0 bridgehead atoms. The Morgan fingerprint density at radius 1 is 1.28 bits per heavy atom. The van der Waals surface area contributed by atoms with Crippen LogP contribution in [0.3, 0.4) is 0 Å². The van der Waals surface area contributed by atoms with Gasteiger partial charge in [0.1, 0.15) is 0 Å². The van der Waals surface area contributed by atoms with Gasteiger partial charge in [-0.25, -0.2) is 0 Å². The number of rotatable bonds is 4. The van der Waals surface area contributed by atoms with Gasteiger partial charge in [0.2, 0.25) is 5.78 Å². The molecule has 3 nitrogen and oxygen atoms in total. The Bertz CT molecular complexity index is 585. The molecule has 0 fully saturated rings. The number of carbonyl (C=O) groups excluding carboxylic acids is 1. The molecule has 0 N–H and O–H groups in total. The Labute approximate surface area is 108 Å². The molecule has 0 spiro atoms. The lowest BCUT2D eigenvalue weighted by molar-refractivity contribution is 0.0991. The second-order valence-electron chi connectivity index (χ2n) is 4.16. The topological polar surface area (TPSA) is 47.3 Å². The molecule has 2 rings (SSSR count). The minimum atomic E-state index is -1.33. The molecule has 0 amide bonds. The van der Waals surface area contributed by atoms with Crippen LogP contribution in [-0.4, -0.2) is 15.7 Å². The van der Waals surface area contributed by atoms with Gasteiger partial charge in [0, 0.05) is 4.90 Å². The third-order valence-corrected chi connectivity index (χ3v) is 4.10. The van der Waals surface area contributed by atoms with E-state index in [1.165, 1.54) is 6.26 Å². The van der Waals surface area contributed by atoms with E-state index < -0.39 is 10.8 Å². The van der Waals surface area contributed by atoms with E-state index in [0.29, 0.717) is 0 Å². The summed E-state index contributed by atoms with van der Waals surface area (Å²) >= 11 is 0. The smallest absolute Gasteiger partial charge is 0.210 e. The summed E-state index contributed by atoms with van der Waals surface area (Å²) in [7, 11) is -1.33. The van der Waals surface area contributed by atoms with Gasteiger partial charge in [-0.15, -0.1) is 0 Å². The largest absolute Gasteiger partial charge is 0.461 e. The van der Waals surface area contributed by atoms with Crippen molar-refractivity contribution in [1.82, 2.24) is 0 Å². The van der Waals surface area contributed by atoms with Crippen LogP contribution in [0, 0.1) is 13.8 Å². The second-order valence-corrected chi connectivity index (χ2v) is 5.58. The van der Waals surface area contributed by atoms with Crippen molar-refractivity contribution in [2.75, 3.05) is 5.75 Å². The first-order valence-electron chi connectivity index (χ1n) is 5.60. The first-order chi connectivity index (χ1) is 8.58. The highest BCUT2D eigenvalue weighted by Crippen LogP contribution is 2.16. The zero-order valence-corrected chi connectivity index (χ0v) is 11.1. The van der Waals surface area contributed by atoms with Crippen LogP contribution in [0.2, 0.25) is 0 Å². The molecule has 4 heteroatoms. The maximum atomic E-state index is 12.2. The van der Waals surface area contributed by atoms with E-state index in [1.54, 1.807) is 12.1 Å². The number of furan rings is 1. The lowest BCUT2D eigenvalue weighted by Gasteiger charge is -2.06. The van der Waals surface area contributed by atoms with E-state index in [1.807, 2.05) is 32.0 Å². The van der Waals surface area contributed by atoms with E-state index >= 15 is 0 Å². The quantitative estimate of drug-likeness (QED) is 0.796. The number of aryl methyl sites for hydroxylation is 2. The maximum absolute atomic E-state index is 12.2. The summed E-state index contributed by atoms with van der Waals surface area (Å²) < 4.78 is 17.2. The van der Waals surface area contributed by atoms with E-state index in [4.69, 9.17) is 4.42 Å².